The molecule has 0 atom stereocenters. The molecule has 5 heteroatoms. The number of nitrogens with zero attached hydrogens (tertiary/aromatic N) is 2. The number of nitrogens with one attached hydrogen (secondary N) is 2. The summed E-state index contributed by atoms with van der Waals surface area (Å²) < 4.78 is 0. The van der Waals surface area contributed by atoms with Crippen LogP contribution in [0, 0.1) is 0 Å². The molecule has 0 unspecified atom stereocenters. The van der Waals surface area contributed by atoms with Gasteiger partial charge in [-0.1, -0.05) is 6.07 Å². The molecule has 0 radical (unpaired) electrons. The number of anilines is 2. The normalized spacial score (nSPS) is 10.1. The Morgan fingerprint density at radius 1 is 1.25 bits per heavy atom. The zero-order chi connectivity index (χ0) is 11.2. The first-order valence-corrected chi connectivity index (χ1v) is 6.08. The van der Waals surface area contributed by atoms with Crippen LogP contribution in [0.4, 0.5) is 11.6 Å². The molecule has 84 valence electrons. The Kier molecular flexibility index (Phi) is 3.71. The molecular weight excluding hydrogens is 220 g/mol. The molecule has 0 aromatic carbocycles. The predicted molar refractivity (Wildman–Crippen MR) is 67.8 cm³/mol. The molecule has 0 bridgehead atoms. The van der Waals surface area contributed by atoms with Gasteiger partial charge in [0.2, 0.25) is 0 Å². The third-order valence-corrected chi connectivity index (χ3v) is 2.89. The van der Waals surface area contributed by atoms with Crippen LogP contribution in [0.3, 0.4) is 0 Å². The lowest BCUT2D eigenvalue weighted by Gasteiger charge is -2.06. The van der Waals surface area contributed by atoms with Gasteiger partial charge in [-0.2, -0.15) is 0 Å². The number of aromatic nitrogens is 2. The van der Waals surface area contributed by atoms with Crippen molar-refractivity contribution >= 4 is 23.0 Å². The Bertz CT molecular complexity index is 427. The summed E-state index contributed by atoms with van der Waals surface area (Å²) in [5.74, 6) is 1.60. The highest BCUT2D eigenvalue weighted by molar-refractivity contribution is 7.09. The van der Waals surface area contributed by atoms with Crippen LogP contribution in [0.25, 0.3) is 0 Å². The van der Waals surface area contributed by atoms with E-state index >= 15 is 0 Å². The van der Waals surface area contributed by atoms with Crippen molar-refractivity contribution in [3.8, 4) is 0 Å². The highest BCUT2D eigenvalue weighted by Crippen LogP contribution is 2.12. The van der Waals surface area contributed by atoms with Crippen molar-refractivity contribution in [1.29, 1.82) is 0 Å². The summed E-state index contributed by atoms with van der Waals surface area (Å²) in [4.78, 5) is 9.79. The molecule has 2 aromatic heterocycles. The maximum Gasteiger partial charge on any atom is 0.147 e. The van der Waals surface area contributed by atoms with Crippen LogP contribution in [0.15, 0.2) is 29.9 Å². The van der Waals surface area contributed by atoms with Gasteiger partial charge in [0.15, 0.2) is 0 Å². The van der Waals surface area contributed by atoms with E-state index in [2.05, 4.69) is 32.0 Å². The second-order valence-corrected chi connectivity index (χ2v) is 4.29. The predicted octanol–water partition coefficient (Wildman–Crippen LogP) is 2.58. The van der Waals surface area contributed by atoms with Crippen molar-refractivity contribution in [3.05, 3.63) is 34.8 Å². The third kappa shape index (κ3) is 2.93. The largest absolute Gasteiger partial charge is 0.369 e. The molecule has 0 spiro atoms. The van der Waals surface area contributed by atoms with E-state index in [9.17, 15) is 0 Å². The first-order valence-electron chi connectivity index (χ1n) is 5.20. The van der Waals surface area contributed by atoms with Gasteiger partial charge < -0.3 is 10.6 Å². The Labute approximate surface area is 98.8 Å². The minimum absolute atomic E-state index is 0.794. The van der Waals surface area contributed by atoms with E-state index in [1.165, 1.54) is 4.88 Å². The fourth-order valence-electron chi connectivity index (χ4n) is 1.31. The third-order valence-electron chi connectivity index (χ3n) is 2.02. The van der Waals surface area contributed by atoms with Crippen LogP contribution in [0.2, 0.25) is 0 Å². The van der Waals surface area contributed by atoms with Gasteiger partial charge in [0.25, 0.3) is 0 Å². The highest BCUT2D eigenvalue weighted by Gasteiger charge is 1.98. The lowest BCUT2D eigenvalue weighted by molar-refractivity contribution is 1.08. The molecular formula is C11H14N4S. The minimum Gasteiger partial charge on any atom is -0.369 e. The molecule has 0 fully saturated rings. The number of thiophene rings is 1. The molecule has 0 aliphatic rings. The molecule has 2 aromatic rings. The van der Waals surface area contributed by atoms with Crippen molar-refractivity contribution in [2.75, 3.05) is 17.2 Å². The van der Waals surface area contributed by atoms with Gasteiger partial charge in [-0.05, 0) is 18.4 Å². The SMILES string of the molecule is CCNc1cncc(NCc2cccs2)n1. The molecule has 2 heterocycles. The summed E-state index contributed by atoms with van der Waals surface area (Å²) in [5.41, 5.74) is 0. The van der Waals surface area contributed by atoms with Crippen molar-refractivity contribution in [2.24, 2.45) is 0 Å². The number of hydrogen-bond acceptors (Lipinski definition) is 5. The van der Waals surface area contributed by atoms with Crippen LogP contribution in [0.1, 0.15) is 11.8 Å². The first kappa shape index (κ1) is 10.9. The summed E-state index contributed by atoms with van der Waals surface area (Å²) in [6, 6.07) is 4.14. The summed E-state index contributed by atoms with van der Waals surface area (Å²) in [7, 11) is 0. The molecule has 0 amide bonds. The second-order valence-electron chi connectivity index (χ2n) is 3.25. The maximum atomic E-state index is 4.38. The maximum absolute atomic E-state index is 4.38. The van der Waals surface area contributed by atoms with Crippen LogP contribution in [-0.4, -0.2) is 16.5 Å². The summed E-state index contributed by atoms with van der Waals surface area (Å²) in [6.07, 6.45) is 3.45. The summed E-state index contributed by atoms with van der Waals surface area (Å²) >= 11 is 1.73. The topological polar surface area (TPSA) is 49.8 Å². The van der Waals surface area contributed by atoms with Gasteiger partial charge >= 0.3 is 0 Å². The average molecular weight is 234 g/mol. The minimum atomic E-state index is 0.794. The number of rotatable bonds is 5. The van der Waals surface area contributed by atoms with Gasteiger partial charge in [-0.25, -0.2) is 4.98 Å². The molecule has 16 heavy (non-hydrogen) atoms. The van der Waals surface area contributed by atoms with Gasteiger partial charge in [-0.15, -0.1) is 11.3 Å². The van der Waals surface area contributed by atoms with E-state index < -0.39 is 0 Å². The molecule has 0 aliphatic carbocycles. The Morgan fingerprint density at radius 2 is 2.06 bits per heavy atom. The molecule has 2 N–H and O–H groups in total. The van der Waals surface area contributed by atoms with Gasteiger partial charge in [0, 0.05) is 11.4 Å². The zero-order valence-electron chi connectivity index (χ0n) is 9.10. The zero-order valence-corrected chi connectivity index (χ0v) is 9.92. The lowest BCUT2D eigenvalue weighted by Crippen LogP contribution is -2.04. The first-order chi connectivity index (χ1) is 7.88. The Hall–Kier alpha value is -1.62. The van der Waals surface area contributed by atoms with Gasteiger partial charge in [0.05, 0.1) is 18.9 Å². The average Bonchev–Trinajstić information content (AvgIpc) is 2.80. The quantitative estimate of drug-likeness (QED) is 0.835. The van der Waals surface area contributed by atoms with E-state index in [4.69, 9.17) is 0 Å². The van der Waals surface area contributed by atoms with E-state index in [1.807, 2.05) is 13.0 Å². The molecule has 0 aliphatic heterocycles. The lowest BCUT2D eigenvalue weighted by atomic mass is 10.4. The van der Waals surface area contributed by atoms with Crippen LogP contribution in [0.5, 0.6) is 0 Å². The van der Waals surface area contributed by atoms with Crippen molar-refractivity contribution in [2.45, 2.75) is 13.5 Å². The number of hydrogen-bond donors (Lipinski definition) is 2. The summed E-state index contributed by atoms with van der Waals surface area (Å²) in [5, 5.41) is 8.44. The van der Waals surface area contributed by atoms with E-state index in [0.717, 1.165) is 24.7 Å². The van der Waals surface area contributed by atoms with E-state index in [0.29, 0.717) is 0 Å². The molecule has 2 rings (SSSR count). The van der Waals surface area contributed by atoms with E-state index in [-0.39, 0.29) is 0 Å². The van der Waals surface area contributed by atoms with Crippen molar-refractivity contribution in [3.63, 3.8) is 0 Å². The van der Waals surface area contributed by atoms with Crippen molar-refractivity contribution in [1.82, 2.24) is 9.97 Å². The van der Waals surface area contributed by atoms with Gasteiger partial charge in [-0.3, -0.25) is 4.98 Å². The van der Waals surface area contributed by atoms with Gasteiger partial charge in [0.1, 0.15) is 11.6 Å². The van der Waals surface area contributed by atoms with Crippen LogP contribution in [-0.2, 0) is 6.54 Å². The van der Waals surface area contributed by atoms with Crippen molar-refractivity contribution < 1.29 is 0 Å². The smallest absolute Gasteiger partial charge is 0.147 e. The van der Waals surface area contributed by atoms with E-state index in [1.54, 1.807) is 23.7 Å². The van der Waals surface area contributed by atoms with Crippen LogP contribution >= 0.6 is 11.3 Å². The Morgan fingerprint density at radius 3 is 2.75 bits per heavy atom. The fraction of sp³-hybridized carbons (Fsp3) is 0.273. The second kappa shape index (κ2) is 5.46. The standard InChI is InChI=1S/C11H14N4S/c1-2-13-10-7-12-8-11(15-10)14-6-9-4-3-5-16-9/h3-5,7-8H,2,6H2,1H3,(H2,13,14,15). The molecule has 4 nitrogen and oxygen atoms in total. The highest BCUT2D eigenvalue weighted by atomic mass is 32.1. The fourth-order valence-corrected chi connectivity index (χ4v) is 1.95. The molecule has 0 saturated carbocycles. The summed E-state index contributed by atoms with van der Waals surface area (Å²) in [6.45, 7) is 3.68. The molecule has 0 saturated heterocycles. The monoisotopic (exact) mass is 234 g/mol. The van der Waals surface area contributed by atoms with Crippen LogP contribution < -0.4 is 10.6 Å². The Balaban J connectivity index is 1.96.